The van der Waals surface area contributed by atoms with E-state index in [0.29, 0.717) is 17.2 Å². The molecule has 1 saturated carbocycles. The molecule has 4 saturated heterocycles. The second kappa shape index (κ2) is 11.4. The molecule has 0 aromatic heterocycles. The molecular formula is C33H39NO8. The van der Waals surface area contributed by atoms with Crippen LogP contribution in [0, 0.1) is 23.7 Å². The van der Waals surface area contributed by atoms with Crippen LogP contribution < -0.4 is 14.8 Å². The highest BCUT2D eigenvalue weighted by atomic mass is 17.3. The van der Waals surface area contributed by atoms with Gasteiger partial charge in [-0.3, -0.25) is 9.59 Å². The highest BCUT2D eigenvalue weighted by Gasteiger charge is 2.69. The zero-order valence-electron chi connectivity index (χ0n) is 24.5. The second-order valence-electron chi connectivity index (χ2n) is 12.2. The molecule has 4 aliphatic heterocycles. The van der Waals surface area contributed by atoms with Crippen molar-refractivity contribution >= 4 is 17.8 Å². The maximum Gasteiger partial charge on any atom is 0.259 e. The number of hydrogen-bond acceptors (Lipinski definition) is 8. The van der Waals surface area contributed by atoms with Crippen LogP contribution in [0.25, 0.3) is 6.08 Å². The van der Waals surface area contributed by atoms with Crippen LogP contribution in [-0.2, 0) is 24.0 Å². The first-order valence-electron chi connectivity index (χ1n) is 14.8. The van der Waals surface area contributed by atoms with Gasteiger partial charge in [-0.15, -0.1) is 0 Å². The molecule has 0 unspecified atom stereocenters. The Balaban J connectivity index is 1.05. The van der Waals surface area contributed by atoms with Crippen molar-refractivity contribution in [1.29, 1.82) is 0 Å². The van der Waals surface area contributed by atoms with E-state index in [1.807, 2.05) is 31.2 Å². The number of fused-ring (bicyclic) bond motifs is 2. The molecule has 224 valence electrons. The average molecular weight is 578 g/mol. The zero-order valence-corrected chi connectivity index (χ0v) is 24.5. The Bertz CT molecular complexity index is 1340. The predicted molar refractivity (Wildman–Crippen MR) is 153 cm³/mol. The molecule has 1 amide bonds. The molecule has 5 fully saturated rings. The van der Waals surface area contributed by atoms with E-state index in [1.165, 1.54) is 6.08 Å². The molecule has 2 bridgehead atoms. The van der Waals surface area contributed by atoms with Gasteiger partial charge in [-0.2, -0.15) is 0 Å². The fourth-order valence-electron chi connectivity index (χ4n) is 7.15. The third-order valence-electron chi connectivity index (χ3n) is 9.49. The Labute approximate surface area is 246 Å². The third kappa shape index (κ3) is 5.35. The quantitative estimate of drug-likeness (QED) is 0.257. The van der Waals surface area contributed by atoms with Gasteiger partial charge in [-0.25, -0.2) is 9.78 Å². The van der Waals surface area contributed by atoms with Gasteiger partial charge in [0, 0.05) is 23.8 Å². The molecule has 0 radical (unpaired) electrons. The number of ketones is 1. The van der Waals surface area contributed by atoms with E-state index in [9.17, 15) is 9.59 Å². The van der Waals surface area contributed by atoms with Gasteiger partial charge in [0.1, 0.15) is 17.7 Å². The first-order chi connectivity index (χ1) is 20.2. The van der Waals surface area contributed by atoms with Crippen molar-refractivity contribution < 1.29 is 38.3 Å². The van der Waals surface area contributed by atoms with Gasteiger partial charge in [0.05, 0.1) is 7.11 Å². The van der Waals surface area contributed by atoms with Crippen molar-refractivity contribution in [3.63, 3.8) is 0 Å². The molecule has 4 heterocycles. The number of hydrogen-bond donors (Lipinski definition) is 1. The van der Waals surface area contributed by atoms with Crippen LogP contribution in [-0.4, -0.2) is 49.3 Å². The monoisotopic (exact) mass is 577 g/mol. The largest absolute Gasteiger partial charge is 0.497 e. The topological polar surface area (TPSA) is 102 Å². The van der Waals surface area contributed by atoms with E-state index < -0.39 is 23.9 Å². The number of amides is 1. The lowest BCUT2D eigenvalue weighted by Crippen LogP contribution is -2.72. The maximum atomic E-state index is 13.0. The molecule has 1 N–H and O–H groups in total. The van der Waals surface area contributed by atoms with Crippen LogP contribution in [0.2, 0.25) is 0 Å². The van der Waals surface area contributed by atoms with Crippen molar-refractivity contribution in [2.75, 3.05) is 13.7 Å². The van der Waals surface area contributed by atoms with E-state index in [0.717, 1.165) is 37.0 Å². The Kier molecular flexibility index (Phi) is 7.87. The second-order valence-corrected chi connectivity index (χ2v) is 12.2. The highest BCUT2D eigenvalue weighted by molar-refractivity contribution is 6.06. The molecule has 1 spiro atoms. The molecule has 42 heavy (non-hydrogen) atoms. The number of allylic oxidation sites excluding steroid dienone is 1. The summed E-state index contributed by atoms with van der Waals surface area (Å²) in [6.45, 7) is 6.06. The lowest BCUT2D eigenvalue weighted by Gasteiger charge is -2.60. The Morgan fingerprint density at radius 2 is 1.83 bits per heavy atom. The molecule has 8 atom stereocenters. The number of carbonyl (C=O) groups is 2. The molecule has 9 nitrogen and oxygen atoms in total. The lowest BCUT2D eigenvalue weighted by atomic mass is 9.58. The summed E-state index contributed by atoms with van der Waals surface area (Å²) in [5, 5.41) is 3.01. The fourth-order valence-corrected chi connectivity index (χ4v) is 7.15. The summed E-state index contributed by atoms with van der Waals surface area (Å²) in [4.78, 5) is 37.6. The molecule has 5 aliphatic rings. The highest BCUT2D eigenvalue weighted by Crippen LogP contribution is 2.60. The summed E-state index contributed by atoms with van der Waals surface area (Å²) in [7, 11) is 1.60. The lowest BCUT2D eigenvalue weighted by molar-refractivity contribution is -0.571. The fraction of sp³-hybridized carbons (Fsp3) is 0.515. The summed E-state index contributed by atoms with van der Waals surface area (Å²) in [6.07, 6.45) is 5.82. The van der Waals surface area contributed by atoms with Crippen molar-refractivity contribution in [3.05, 3.63) is 65.7 Å². The predicted octanol–water partition coefficient (Wildman–Crippen LogP) is 5.29. The summed E-state index contributed by atoms with van der Waals surface area (Å²) < 4.78 is 23.7. The first-order valence-corrected chi connectivity index (χ1v) is 14.8. The summed E-state index contributed by atoms with van der Waals surface area (Å²) in [6, 6.07) is 14.2. The van der Waals surface area contributed by atoms with E-state index in [2.05, 4.69) is 19.2 Å². The minimum Gasteiger partial charge on any atom is -0.497 e. The minimum atomic E-state index is -0.867. The summed E-state index contributed by atoms with van der Waals surface area (Å²) in [5.41, 5.74) is 0.709. The van der Waals surface area contributed by atoms with E-state index >= 15 is 0 Å². The number of methoxy groups -OCH3 is 1. The van der Waals surface area contributed by atoms with E-state index in [-0.39, 0.29) is 36.1 Å². The van der Waals surface area contributed by atoms with Gasteiger partial charge in [-0.05, 0) is 86.1 Å². The van der Waals surface area contributed by atoms with Crippen LogP contribution in [0.4, 0.5) is 0 Å². The van der Waals surface area contributed by atoms with Gasteiger partial charge in [0.25, 0.3) is 5.91 Å². The van der Waals surface area contributed by atoms with E-state index in [4.69, 9.17) is 28.7 Å². The average Bonchev–Trinajstić information content (AvgIpc) is 3.23. The standard InChI is InChI=1S/C33H39NO8/c1-20-8-14-27-21(2)30(39-31-33(27)26(20)16-17-32(3,40-31)41-42-33)34-29(36)19-38-24-12-10-23(11-13-24)28(35)15-9-22-6-5-7-25(18-22)37-4/h5-7,9-13,15,18,20-21,26-27,30-31H,8,14,16-17,19H2,1-4H3,(H,34,36)/b15-9+/t20-,21-,26+,27+,30+,31-,32+,33-/m1/s1. The smallest absolute Gasteiger partial charge is 0.259 e. The number of ether oxygens (including phenoxy) is 4. The number of rotatable bonds is 8. The Morgan fingerprint density at radius 3 is 2.62 bits per heavy atom. The Hall–Kier alpha value is -3.24. The van der Waals surface area contributed by atoms with E-state index in [1.54, 1.807) is 37.5 Å². The molecule has 7 rings (SSSR count). The normalized spacial score (nSPS) is 35.2. The van der Waals surface area contributed by atoms with Gasteiger partial charge >= 0.3 is 0 Å². The van der Waals surface area contributed by atoms with Crippen LogP contribution >= 0.6 is 0 Å². The maximum absolute atomic E-state index is 13.0. The van der Waals surface area contributed by atoms with Crippen LogP contribution in [0.5, 0.6) is 11.5 Å². The van der Waals surface area contributed by atoms with Crippen LogP contribution in [0.15, 0.2) is 54.6 Å². The molecule has 9 heteroatoms. The van der Waals surface area contributed by atoms with Crippen LogP contribution in [0.3, 0.4) is 0 Å². The van der Waals surface area contributed by atoms with Crippen molar-refractivity contribution in [3.8, 4) is 11.5 Å². The third-order valence-corrected chi connectivity index (χ3v) is 9.49. The van der Waals surface area contributed by atoms with Gasteiger partial charge in [0.15, 0.2) is 24.3 Å². The molecular weight excluding hydrogens is 538 g/mol. The molecule has 2 aromatic rings. The first kappa shape index (κ1) is 28.9. The molecule has 1 aliphatic carbocycles. The van der Waals surface area contributed by atoms with Gasteiger partial charge < -0.3 is 24.3 Å². The molecule has 2 aromatic carbocycles. The summed E-state index contributed by atoms with van der Waals surface area (Å²) >= 11 is 0. The number of carbonyl (C=O) groups excluding carboxylic acids is 2. The van der Waals surface area contributed by atoms with Gasteiger partial charge in [0.2, 0.25) is 5.79 Å². The Morgan fingerprint density at radius 1 is 1.02 bits per heavy atom. The number of benzene rings is 2. The SMILES string of the molecule is COc1cccc(/C=C/C(=O)c2ccc(OCC(=O)N[C@H]3O[C@@H]4O[C@]5(C)CC[C@H]6[C@H](C)CC[C@@H]([C@H]3C)[C@@]46OO5)cc2)c1. The zero-order chi connectivity index (χ0) is 29.5. The van der Waals surface area contributed by atoms with Crippen LogP contribution in [0.1, 0.15) is 62.4 Å². The minimum absolute atomic E-state index is 0.00909. The summed E-state index contributed by atoms with van der Waals surface area (Å²) in [5.74, 6) is 0.754. The van der Waals surface area contributed by atoms with Crippen molar-refractivity contribution in [1.82, 2.24) is 5.32 Å². The van der Waals surface area contributed by atoms with Gasteiger partial charge in [-0.1, -0.05) is 32.1 Å². The van der Waals surface area contributed by atoms with Crippen molar-refractivity contribution in [2.45, 2.75) is 70.4 Å². The number of nitrogens with one attached hydrogen (secondary N) is 1. The van der Waals surface area contributed by atoms with Crippen molar-refractivity contribution in [2.24, 2.45) is 23.7 Å².